The van der Waals surface area contributed by atoms with E-state index in [0.717, 1.165) is 19.3 Å². The van der Waals surface area contributed by atoms with E-state index in [9.17, 15) is 4.39 Å². The van der Waals surface area contributed by atoms with Crippen LogP contribution in [0.1, 0.15) is 31.1 Å². The number of hydrogen-bond donors (Lipinski definition) is 1. The minimum absolute atomic E-state index is 0.237. The highest BCUT2D eigenvalue weighted by atomic mass is 35.5. The fourth-order valence-electron chi connectivity index (χ4n) is 2.77. The van der Waals surface area contributed by atoms with Crippen LogP contribution in [0.2, 0.25) is 5.02 Å². The first-order valence-electron chi connectivity index (χ1n) is 6.65. The third kappa shape index (κ3) is 2.43. The Morgan fingerprint density at radius 1 is 1.40 bits per heavy atom. The van der Waals surface area contributed by atoms with Gasteiger partial charge < -0.3 is 9.84 Å². The zero-order chi connectivity index (χ0) is 14.1. The standard InChI is InChI=1S/C14H15ClFN3O/c1-17-12-4-2-3-10(12)14-18-13(19-20-14)9-6-5-8(16)7-11(9)15/h5-7,10,12,17H,2-4H2,1H3. The molecule has 1 aliphatic rings. The second-order valence-corrected chi connectivity index (χ2v) is 5.42. The third-order valence-corrected chi connectivity index (χ3v) is 4.13. The van der Waals surface area contributed by atoms with Crippen LogP contribution in [-0.4, -0.2) is 23.2 Å². The number of nitrogens with zero attached hydrogens (tertiary/aromatic N) is 2. The van der Waals surface area contributed by atoms with Gasteiger partial charge in [0.25, 0.3) is 0 Å². The van der Waals surface area contributed by atoms with E-state index >= 15 is 0 Å². The van der Waals surface area contributed by atoms with E-state index in [4.69, 9.17) is 16.1 Å². The SMILES string of the molecule is CNC1CCCC1c1nc(-c2ccc(F)cc2Cl)no1. The molecule has 1 saturated carbocycles. The smallest absolute Gasteiger partial charge is 0.231 e. The van der Waals surface area contributed by atoms with E-state index < -0.39 is 0 Å². The number of hydrogen-bond acceptors (Lipinski definition) is 4. The minimum Gasteiger partial charge on any atom is -0.339 e. The quantitative estimate of drug-likeness (QED) is 0.943. The lowest BCUT2D eigenvalue weighted by molar-refractivity contribution is 0.335. The molecule has 4 nitrogen and oxygen atoms in total. The number of nitrogens with one attached hydrogen (secondary N) is 1. The van der Waals surface area contributed by atoms with Crippen LogP contribution in [0.25, 0.3) is 11.4 Å². The maximum absolute atomic E-state index is 13.1. The van der Waals surface area contributed by atoms with Crippen LogP contribution < -0.4 is 5.32 Å². The normalized spacial score (nSPS) is 22.4. The van der Waals surface area contributed by atoms with Crippen molar-refractivity contribution < 1.29 is 8.91 Å². The van der Waals surface area contributed by atoms with E-state index in [1.54, 1.807) is 6.07 Å². The van der Waals surface area contributed by atoms with Gasteiger partial charge in [0.1, 0.15) is 5.82 Å². The van der Waals surface area contributed by atoms with Gasteiger partial charge in [-0.25, -0.2) is 4.39 Å². The van der Waals surface area contributed by atoms with E-state index in [0.29, 0.717) is 23.3 Å². The van der Waals surface area contributed by atoms with Gasteiger partial charge >= 0.3 is 0 Å². The van der Waals surface area contributed by atoms with Gasteiger partial charge in [0.05, 0.1) is 10.9 Å². The molecule has 0 saturated heterocycles. The molecule has 1 heterocycles. The van der Waals surface area contributed by atoms with Crippen molar-refractivity contribution in [1.29, 1.82) is 0 Å². The Kier molecular flexibility index (Phi) is 3.72. The zero-order valence-electron chi connectivity index (χ0n) is 11.1. The van der Waals surface area contributed by atoms with Crippen molar-refractivity contribution in [2.24, 2.45) is 0 Å². The van der Waals surface area contributed by atoms with Crippen LogP contribution in [0.15, 0.2) is 22.7 Å². The topological polar surface area (TPSA) is 51.0 Å². The van der Waals surface area contributed by atoms with Crippen LogP contribution in [0.3, 0.4) is 0 Å². The molecule has 0 aliphatic heterocycles. The molecule has 20 heavy (non-hydrogen) atoms. The summed E-state index contributed by atoms with van der Waals surface area (Å²) >= 11 is 6.01. The minimum atomic E-state index is -0.381. The number of aromatic nitrogens is 2. The first-order valence-corrected chi connectivity index (χ1v) is 7.03. The van der Waals surface area contributed by atoms with Crippen molar-refractivity contribution in [3.8, 4) is 11.4 Å². The van der Waals surface area contributed by atoms with Gasteiger partial charge in [0.15, 0.2) is 0 Å². The summed E-state index contributed by atoms with van der Waals surface area (Å²) in [4.78, 5) is 4.43. The lowest BCUT2D eigenvalue weighted by Crippen LogP contribution is -2.27. The monoisotopic (exact) mass is 295 g/mol. The average Bonchev–Trinajstić information content (AvgIpc) is 3.06. The molecule has 1 N–H and O–H groups in total. The lowest BCUT2D eigenvalue weighted by Gasteiger charge is -2.14. The summed E-state index contributed by atoms with van der Waals surface area (Å²) in [6, 6.07) is 4.52. The Morgan fingerprint density at radius 2 is 2.25 bits per heavy atom. The molecule has 0 radical (unpaired) electrons. The molecule has 6 heteroatoms. The highest BCUT2D eigenvalue weighted by Gasteiger charge is 2.32. The van der Waals surface area contributed by atoms with E-state index in [-0.39, 0.29) is 16.8 Å². The first kappa shape index (κ1) is 13.5. The maximum atomic E-state index is 13.1. The summed E-state index contributed by atoms with van der Waals surface area (Å²) in [6.45, 7) is 0. The number of rotatable bonds is 3. The lowest BCUT2D eigenvalue weighted by atomic mass is 10.0. The van der Waals surface area contributed by atoms with Crippen LogP contribution in [0.5, 0.6) is 0 Å². The highest BCUT2D eigenvalue weighted by molar-refractivity contribution is 6.33. The largest absolute Gasteiger partial charge is 0.339 e. The van der Waals surface area contributed by atoms with Gasteiger partial charge in [0.2, 0.25) is 11.7 Å². The third-order valence-electron chi connectivity index (χ3n) is 3.82. The first-order chi connectivity index (χ1) is 9.69. The summed E-state index contributed by atoms with van der Waals surface area (Å²) < 4.78 is 18.4. The summed E-state index contributed by atoms with van der Waals surface area (Å²) in [7, 11) is 1.94. The molecular formula is C14H15ClFN3O. The van der Waals surface area contributed by atoms with Gasteiger partial charge in [0, 0.05) is 11.6 Å². The van der Waals surface area contributed by atoms with Crippen LogP contribution in [0, 0.1) is 5.82 Å². The number of halogens is 2. The molecule has 106 valence electrons. The molecule has 0 amide bonds. The zero-order valence-corrected chi connectivity index (χ0v) is 11.8. The molecule has 0 spiro atoms. The average molecular weight is 296 g/mol. The molecule has 1 aliphatic carbocycles. The second-order valence-electron chi connectivity index (χ2n) is 5.01. The van der Waals surface area contributed by atoms with E-state index in [2.05, 4.69) is 15.5 Å². The molecular weight excluding hydrogens is 281 g/mol. The Morgan fingerprint density at radius 3 is 3.00 bits per heavy atom. The van der Waals surface area contributed by atoms with Crippen molar-refractivity contribution in [3.63, 3.8) is 0 Å². The molecule has 2 aromatic rings. The summed E-state index contributed by atoms with van der Waals surface area (Å²) in [6.07, 6.45) is 3.28. The molecule has 2 unspecified atom stereocenters. The molecule has 3 rings (SSSR count). The molecule has 1 fully saturated rings. The van der Waals surface area contributed by atoms with Crippen LogP contribution in [0.4, 0.5) is 4.39 Å². The van der Waals surface area contributed by atoms with Crippen molar-refractivity contribution in [1.82, 2.24) is 15.5 Å². The fourth-order valence-corrected chi connectivity index (χ4v) is 3.02. The van der Waals surface area contributed by atoms with Gasteiger partial charge in [-0.2, -0.15) is 4.98 Å². The van der Waals surface area contributed by atoms with Crippen molar-refractivity contribution in [2.75, 3.05) is 7.05 Å². The van der Waals surface area contributed by atoms with Crippen molar-refractivity contribution >= 4 is 11.6 Å². The van der Waals surface area contributed by atoms with E-state index in [1.165, 1.54) is 12.1 Å². The number of benzene rings is 1. The summed E-state index contributed by atoms with van der Waals surface area (Å²) in [5.74, 6) is 0.887. The van der Waals surface area contributed by atoms with Gasteiger partial charge in [-0.05, 0) is 38.1 Å². The van der Waals surface area contributed by atoms with Crippen molar-refractivity contribution in [2.45, 2.75) is 31.2 Å². The maximum Gasteiger partial charge on any atom is 0.231 e. The summed E-state index contributed by atoms with van der Waals surface area (Å²) in [5.41, 5.74) is 0.585. The Bertz CT molecular complexity index is 616. The van der Waals surface area contributed by atoms with Crippen LogP contribution in [-0.2, 0) is 0 Å². The number of likely N-dealkylation sites (N-methyl/N-ethyl adjacent to an activating group) is 1. The van der Waals surface area contributed by atoms with Crippen molar-refractivity contribution in [3.05, 3.63) is 34.9 Å². The Labute approximate surface area is 121 Å². The van der Waals surface area contributed by atoms with Gasteiger partial charge in [-0.1, -0.05) is 23.2 Å². The molecule has 1 aromatic heterocycles. The molecule has 2 atom stereocenters. The molecule has 0 bridgehead atoms. The predicted molar refractivity (Wildman–Crippen MR) is 74.1 cm³/mol. The van der Waals surface area contributed by atoms with Gasteiger partial charge in [-0.3, -0.25) is 0 Å². The van der Waals surface area contributed by atoms with Gasteiger partial charge in [-0.15, -0.1) is 0 Å². The Balaban J connectivity index is 1.90. The fraction of sp³-hybridized carbons (Fsp3) is 0.429. The highest BCUT2D eigenvalue weighted by Crippen LogP contribution is 2.35. The van der Waals surface area contributed by atoms with Crippen LogP contribution >= 0.6 is 11.6 Å². The molecule has 1 aromatic carbocycles. The second kappa shape index (κ2) is 5.50. The Hall–Kier alpha value is -1.46. The van der Waals surface area contributed by atoms with E-state index in [1.807, 2.05) is 7.05 Å². The summed E-state index contributed by atoms with van der Waals surface area (Å²) in [5, 5.41) is 7.53. The predicted octanol–water partition coefficient (Wildman–Crippen LogP) is 3.38.